The Kier molecular flexibility index (Phi) is 21.9. The minimum atomic E-state index is -1.89. The van der Waals surface area contributed by atoms with E-state index < -0.39 is 96.1 Å². The molecule has 24 nitrogen and oxygen atoms in total. The van der Waals surface area contributed by atoms with E-state index in [1.807, 2.05) is 13.0 Å². The number of hydrogen-bond acceptors (Lipinski definition) is 15. The minimum absolute atomic E-state index is 0.0944. The lowest BCUT2D eigenvalue weighted by Gasteiger charge is -2.42. The monoisotopic (exact) mass is 1180 g/mol. The van der Waals surface area contributed by atoms with Gasteiger partial charge in [-0.3, -0.25) is 39.5 Å². The number of epoxide rings is 1. The summed E-state index contributed by atoms with van der Waals surface area (Å²) < 4.78 is 29.4. The summed E-state index contributed by atoms with van der Waals surface area (Å²) in [5, 5.41) is 31.7. The molecule has 4 aliphatic rings. The zero-order chi connectivity index (χ0) is 60.2. The quantitative estimate of drug-likeness (QED) is 0.0397. The maximum Gasteiger partial charge on any atom is 0.412 e. The van der Waals surface area contributed by atoms with Gasteiger partial charge in [-0.25, -0.2) is 14.4 Å². The first-order valence-electron chi connectivity index (χ1n) is 27.0. The van der Waals surface area contributed by atoms with Gasteiger partial charge >= 0.3 is 18.2 Å². The van der Waals surface area contributed by atoms with E-state index in [9.17, 15) is 43.5 Å². The number of carbonyl (C=O) groups is 8. The van der Waals surface area contributed by atoms with Crippen LogP contribution in [0.15, 0.2) is 66.3 Å². The average molecular weight is 1180 g/mol. The van der Waals surface area contributed by atoms with E-state index in [1.54, 1.807) is 78.1 Å². The van der Waals surface area contributed by atoms with E-state index in [2.05, 4.69) is 37.2 Å². The average Bonchev–Trinajstić information content (AvgIpc) is 2.70. The third-order valence-corrected chi connectivity index (χ3v) is 15.4. The van der Waals surface area contributed by atoms with Gasteiger partial charge in [-0.05, 0) is 112 Å². The number of allylic oxidation sites excluding steroid dienone is 3. The molecule has 4 aliphatic heterocycles. The van der Waals surface area contributed by atoms with Gasteiger partial charge in [-0.1, -0.05) is 56.2 Å². The summed E-state index contributed by atoms with van der Waals surface area (Å²) in [6.07, 6.45) is 3.23. The van der Waals surface area contributed by atoms with Crippen molar-refractivity contribution in [2.45, 2.75) is 134 Å². The highest BCUT2D eigenvalue weighted by Crippen LogP contribution is 2.49. The molecule has 26 heteroatoms. The number of urea groups is 1. The van der Waals surface area contributed by atoms with E-state index in [0.29, 0.717) is 48.5 Å². The van der Waals surface area contributed by atoms with E-state index in [1.165, 1.54) is 37.3 Å². The molecule has 2 aromatic rings. The van der Waals surface area contributed by atoms with Crippen molar-refractivity contribution < 1.29 is 67.1 Å². The summed E-state index contributed by atoms with van der Waals surface area (Å²) in [6, 6.07) is 5.44. The molecule has 9 atom stereocenters. The number of alkyl carbamates (subject to hydrolysis) is 1. The normalized spacial score (nSPS) is 25.3. The lowest BCUT2D eigenvalue weighted by atomic mass is 9.83. The first-order chi connectivity index (χ1) is 38.8. The third-order valence-electron chi connectivity index (χ3n) is 14.8. The smallest absolute Gasteiger partial charge is 0.412 e. The number of methoxy groups -OCH3 is 2. The van der Waals surface area contributed by atoms with Gasteiger partial charge in [-0.15, -0.1) is 0 Å². The number of imide groups is 1. The first-order valence-corrected chi connectivity index (χ1v) is 27.7. The Morgan fingerprint density at radius 1 is 0.976 bits per heavy atom. The van der Waals surface area contributed by atoms with Gasteiger partial charge in [-0.2, -0.15) is 0 Å². The maximum absolute atomic E-state index is 14.4. The molecule has 10 N–H and O–H groups in total. The van der Waals surface area contributed by atoms with Crippen LogP contribution in [0.2, 0.25) is 5.02 Å². The number of nitrogens with one attached hydrogen (secondary N) is 7. The van der Waals surface area contributed by atoms with Gasteiger partial charge in [0.15, 0.2) is 10.8 Å². The maximum atomic E-state index is 14.4. The molecule has 2 fully saturated rings. The molecule has 0 unspecified atom stereocenters. The van der Waals surface area contributed by atoms with Gasteiger partial charge in [0.25, 0.3) is 11.8 Å². The largest absolute Gasteiger partial charge is 0.495 e. The summed E-state index contributed by atoms with van der Waals surface area (Å²) >= 11 is 12.3. The number of aliphatic hydroxyl groups is 1. The summed E-state index contributed by atoms with van der Waals surface area (Å²) in [4.78, 5) is 107. The van der Waals surface area contributed by atoms with Crippen LogP contribution in [-0.2, 0) is 49.3 Å². The Morgan fingerprint density at radius 3 is 2.34 bits per heavy atom. The number of thiocarbonyl (C=S) groups is 1. The molecule has 2 saturated heterocycles. The second kappa shape index (κ2) is 28.1. The molecule has 446 valence electrons. The van der Waals surface area contributed by atoms with Crippen LogP contribution in [-0.4, -0.2) is 152 Å². The molecule has 82 heavy (non-hydrogen) atoms. The lowest BCUT2D eigenvalue weighted by Crippen LogP contribution is -2.63. The van der Waals surface area contributed by atoms with Crippen LogP contribution in [0.3, 0.4) is 0 Å². The molecule has 4 bridgehead atoms. The molecule has 0 aromatic heterocycles. The molecule has 0 spiro atoms. The predicted octanol–water partition coefficient (Wildman–Crippen LogP) is 4.75. The van der Waals surface area contributed by atoms with E-state index >= 15 is 0 Å². The Hall–Kier alpha value is -7.32. The van der Waals surface area contributed by atoms with E-state index in [0.717, 1.165) is 16.0 Å². The summed E-state index contributed by atoms with van der Waals surface area (Å²) in [6.45, 7) is 11.4. The molecule has 9 amide bonds. The van der Waals surface area contributed by atoms with Gasteiger partial charge in [0.05, 0.1) is 25.3 Å². The van der Waals surface area contributed by atoms with Crippen molar-refractivity contribution in [1.82, 2.24) is 31.5 Å². The number of primary amides is 1. The number of hydrogen-bond donors (Lipinski definition) is 9. The van der Waals surface area contributed by atoms with Crippen molar-refractivity contribution in [3.05, 3.63) is 82.4 Å². The van der Waals surface area contributed by atoms with Crippen LogP contribution in [0, 0.1) is 18.8 Å². The Balaban J connectivity index is 1.16. The number of halogens is 1. The highest BCUT2D eigenvalue weighted by molar-refractivity contribution is 7.80. The topological polar surface area (TPSA) is 323 Å². The van der Waals surface area contributed by atoms with E-state index in [-0.39, 0.29) is 65.9 Å². The number of benzene rings is 2. The number of carbonyl (C=O) groups excluding carboxylic acids is 8. The van der Waals surface area contributed by atoms with Crippen LogP contribution in [0.5, 0.6) is 5.75 Å². The molecule has 4 heterocycles. The van der Waals surface area contributed by atoms with Gasteiger partial charge in [0.2, 0.25) is 17.7 Å². The third kappa shape index (κ3) is 16.4. The number of ether oxygens (including phenoxy) is 5. The number of nitrogens with two attached hydrogens (primary N) is 1. The van der Waals surface area contributed by atoms with Crippen molar-refractivity contribution in [1.29, 1.82) is 0 Å². The highest BCUT2D eigenvalue weighted by Gasteiger charge is 2.64. The fourth-order valence-corrected chi connectivity index (χ4v) is 10.5. The second-order valence-electron chi connectivity index (χ2n) is 21.3. The van der Waals surface area contributed by atoms with Crippen LogP contribution in [0.25, 0.3) is 0 Å². The molecular weight excluding hydrogens is 1100 g/mol. The Bertz CT molecular complexity index is 2850. The number of anilines is 3. The molecule has 2 aromatic carbocycles. The Labute approximate surface area is 486 Å². The minimum Gasteiger partial charge on any atom is -0.495 e. The van der Waals surface area contributed by atoms with Crippen LogP contribution in [0.1, 0.15) is 84.3 Å². The summed E-state index contributed by atoms with van der Waals surface area (Å²) in [5.74, 6) is -2.91. The SMILES string of the molecule is COc1cc2cc(c1Cl)N(C)C(=O)C[C@H](OC(=O)Nc1ccc(NC(=O)[C@H](CCCNC(N)=O)NC(=O)[C@@H](NC(=S)NCCCCN3C(=O)C=CC3=O)C(C)C)c(C)c1)[C@]1(C)O[C@H]1[C@H](C)[C@@H]1C[C@@](O)(NC(=O)O1)[C@H](OC)/C=C/C=C(\C)C2. The van der Waals surface area contributed by atoms with Gasteiger partial charge in [0, 0.05) is 69.7 Å². The number of fused-ring (bicyclic) bond motifs is 5. The zero-order valence-electron chi connectivity index (χ0n) is 47.5. The van der Waals surface area contributed by atoms with Crippen molar-refractivity contribution in [3.63, 3.8) is 0 Å². The fraction of sp³-hybridized carbons (Fsp3) is 0.518. The Morgan fingerprint density at radius 2 is 1.68 bits per heavy atom. The zero-order valence-corrected chi connectivity index (χ0v) is 49.0. The standard InChI is InChI=1S/C56H75ClN10O14S/c1-30(2)47(64-52(82)60-21-10-11-23-67-43(68)19-20-44(67)69)50(72)63-37(15-13-22-59-51(58)73)49(71)62-36-18-17-35(25-32(36)4)61-53(74)80-42-28-45(70)66(7)38-26-34(27-39(77-8)46(38)57)24-31(3)14-12-16-41(78-9)56(76)29-40(79-54(75)65-56)33(5)48-55(42,6)81-48/h12,14,16-20,25-27,30,33,37,40-42,47-48,76H,10-11,13,15,21-24,28-29H2,1-9H3,(H,61,74)(H,62,71)(H,63,72)(H,65,75)(H3,58,59,73)(H2,60,64,82)/b16-12+,31-14+/t33-,37+,40+,41-,42+,47+,48+,55+,56+/m1/s1. The molecule has 0 radical (unpaired) electrons. The number of amides is 9. The first kappa shape index (κ1) is 63.9. The summed E-state index contributed by atoms with van der Waals surface area (Å²) in [5.41, 5.74) is 5.12. The number of nitrogens with zero attached hydrogens (tertiary/aromatic N) is 2. The predicted molar refractivity (Wildman–Crippen MR) is 309 cm³/mol. The van der Waals surface area contributed by atoms with Crippen molar-refractivity contribution in [2.75, 3.05) is 56.4 Å². The van der Waals surface area contributed by atoms with Crippen molar-refractivity contribution in [3.8, 4) is 5.75 Å². The lowest BCUT2D eigenvalue weighted by molar-refractivity contribution is -0.142. The molecule has 0 saturated carbocycles. The molecular formula is C56H75ClN10O14S. The molecule has 6 rings (SSSR count). The fourth-order valence-electron chi connectivity index (χ4n) is 10.0. The molecule has 0 aliphatic carbocycles. The number of aryl methyl sites for hydroxylation is 1. The van der Waals surface area contributed by atoms with Gasteiger partial charge in [0.1, 0.15) is 46.8 Å². The van der Waals surface area contributed by atoms with Crippen molar-refractivity contribution >= 4 is 93.7 Å². The van der Waals surface area contributed by atoms with Crippen LogP contribution in [0.4, 0.5) is 31.4 Å². The summed E-state index contributed by atoms with van der Waals surface area (Å²) in [7, 11) is 4.41. The van der Waals surface area contributed by atoms with Crippen molar-refractivity contribution in [2.24, 2.45) is 17.6 Å². The number of rotatable bonds is 19. The van der Waals surface area contributed by atoms with Crippen LogP contribution < -0.4 is 52.6 Å². The van der Waals surface area contributed by atoms with E-state index in [4.69, 9.17) is 53.2 Å². The van der Waals surface area contributed by atoms with Gasteiger partial charge < -0.3 is 66.0 Å². The second-order valence-corrected chi connectivity index (χ2v) is 22.1. The van der Waals surface area contributed by atoms with Crippen LogP contribution >= 0.6 is 23.8 Å². The highest BCUT2D eigenvalue weighted by atomic mass is 35.5. The number of unbranched alkanes of at least 4 members (excludes halogenated alkanes) is 1.